The fourth-order valence-electron chi connectivity index (χ4n) is 1.84. The second-order valence-corrected chi connectivity index (χ2v) is 7.53. The van der Waals surface area contributed by atoms with Crippen LogP contribution in [0.3, 0.4) is 0 Å². The van der Waals surface area contributed by atoms with Crippen molar-refractivity contribution in [3.8, 4) is 0 Å². The van der Waals surface area contributed by atoms with E-state index in [-0.39, 0.29) is 23.3 Å². The van der Waals surface area contributed by atoms with Crippen LogP contribution in [-0.2, 0) is 9.84 Å². The van der Waals surface area contributed by atoms with E-state index in [9.17, 15) is 8.42 Å². The third-order valence-corrected chi connectivity index (χ3v) is 5.37. The molecule has 0 bridgehead atoms. The molecular weight excluding hydrogens is 300 g/mol. The lowest BCUT2D eigenvalue weighted by molar-refractivity contribution is 0.577. The first-order chi connectivity index (χ1) is 7.94. The van der Waals surface area contributed by atoms with E-state index < -0.39 is 9.84 Å². The van der Waals surface area contributed by atoms with Crippen LogP contribution in [0.25, 0.3) is 0 Å². The van der Waals surface area contributed by atoms with Gasteiger partial charge in [0.25, 0.3) is 0 Å². The highest BCUT2D eigenvalue weighted by molar-refractivity contribution is 9.09. The minimum atomic E-state index is -2.97. The molecule has 1 rings (SSSR count). The van der Waals surface area contributed by atoms with Crippen LogP contribution in [0.5, 0.6) is 0 Å². The number of rotatable bonds is 6. The smallest absolute Gasteiger partial charge is 0.151 e. The molecular formula is C13H19BrO2S. The van der Waals surface area contributed by atoms with E-state index in [2.05, 4.69) is 15.9 Å². The first-order valence-corrected chi connectivity index (χ1v) is 8.70. The summed E-state index contributed by atoms with van der Waals surface area (Å²) < 4.78 is 23.9. The highest BCUT2D eigenvalue weighted by Crippen LogP contribution is 2.21. The van der Waals surface area contributed by atoms with Crippen LogP contribution in [0.4, 0.5) is 0 Å². The normalized spacial score (nSPS) is 13.9. The molecule has 0 saturated carbocycles. The zero-order valence-electron chi connectivity index (χ0n) is 10.3. The average molecular weight is 319 g/mol. The number of sulfone groups is 1. The lowest BCUT2D eigenvalue weighted by Crippen LogP contribution is -2.21. The molecule has 0 N–H and O–H groups in total. The summed E-state index contributed by atoms with van der Waals surface area (Å²) in [6.45, 7) is 3.87. The molecule has 1 unspecified atom stereocenters. The van der Waals surface area contributed by atoms with Crippen molar-refractivity contribution in [1.29, 1.82) is 0 Å². The van der Waals surface area contributed by atoms with Gasteiger partial charge in [-0.15, -0.1) is 0 Å². The molecule has 4 heteroatoms. The largest absolute Gasteiger partial charge is 0.229 e. The van der Waals surface area contributed by atoms with Crippen molar-refractivity contribution >= 4 is 25.8 Å². The van der Waals surface area contributed by atoms with Crippen LogP contribution >= 0.6 is 15.9 Å². The number of benzene rings is 1. The molecule has 0 amide bonds. The van der Waals surface area contributed by atoms with Crippen LogP contribution in [0.15, 0.2) is 30.3 Å². The highest BCUT2D eigenvalue weighted by atomic mass is 79.9. The first kappa shape index (κ1) is 14.7. The molecule has 1 aromatic rings. The Bertz CT molecular complexity index is 426. The second kappa shape index (κ2) is 6.55. The quantitative estimate of drug-likeness (QED) is 0.755. The summed E-state index contributed by atoms with van der Waals surface area (Å²) in [6, 6.07) is 9.80. The van der Waals surface area contributed by atoms with E-state index >= 15 is 0 Å². The Morgan fingerprint density at radius 2 is 1.71 bits per heavy atom. The number of hydrogen-bond donors (Lipinski definition) is 0. The van der Waals surface area contributed by atoms with Gasteiger partial charge in [-0.2, -0.15) is 0 Å². The average Bonchev–Trinajstić information content (AvgIpc) is 2.25. The van der Waals surface area contributed by atoms with Gasteiger partial charge < -0.3 is 0 Å². The molecule has 0 aliphatic carbocycles. The summed E-state index contributed by atoms with van der Waals surface area (Å²) in [5, 5.41) is 0.675. The van der Waals surface area contributed by atoms with Crippen molar-refractivity contribution < 1.29 is 8.42 Å². The molecule has 1 aromatic carbocycles. The van der Waals surface area contributed by atoms with E-state index in [1.807, 2.05) is 44.2 Å². The Morgan fingerprint density at radius 3 is 2.18 bits per heavy atom. The highest BCUT2D eigenvalue weighted by Gasteiger charge is 2.20. The fourth-order valence-corrected chi connectivity index (χ4v) is 4.82. The van der Waals surface area contributed by atoms with Gasteiger partial charge in [-0.3, -0.25) is 0 Å². The molecule has 1 atom stereocenters. The molecule has 0 aliphatic heterocycles. The molecule has 17 heavy (non-hydrogen) atoms. The number of halogens is 1. The monoisotopic (exact) mass is 318 g/mol. The Kier molecular flexibility index (Phi) is 5.67. The van der Waals surface area contributed by atoms with Gasteiger partial charge in [0.05, 0.1) is 11.5 Å². The van der Waals surface area contributed by atoms with Gasteiger partial charge in [-0.05, 0) is 11.5 Å². The standard InChI is InChI=1S/C13H19BrO2S/c1-11(2)9-17(15,16)10-13(8-14)12-6-4-3-5-7-12/h3-7,11,13H,8-10H2,1-2H3. The second-order valence-electron chi connectivity index (χ2n) is 4.73. The Labute approximate surface area is 112 Å². The molecule has 0 heterocycles. The lowest BCUT2D eigenvalue weighted by atomic mass is 10.0. The van der Waals surface area contributed by atoms with Crippen molar-refractivity contribution in [3.05, 3.63) is 35.9 Å². The van der Waals surface area contributed by atoms with Crippen molar-refractivity contribution in [2.75, 3.05) is 16.8 Å². The Balaban J connectivity index is 2.78. The van der Waals surface area contributed by atoms with Gasteiger partial charge >= 0.3 is 0 Å². The minimum absolute atomic E-state index is 0.0416. The summed E-state index contributed by atoms with van der Waals surface area (Å²) in [6.07, 6.45) is 0. The maximum Gasteiger partial charge on any atom is 0.151 e. The van der Waals surface area contributed by atoms with Gasteiger partial charge in [-0.25, -0.2) is 8.42 Å². The minimum Gasteiger partial charge on any atom is -0.229 e. The maximum absolute atomic E-state index is 12.0. The third-order valence-electron chi connectivity index (χ3n) is 2.50. The fraction of sp³-hybridized carbons (Fsp3) is 0.538. The molecule has 0 spiro atoms. The molecule has 96 valence electrons. The van der Waals surface area contributed by atoms with Crippen LogP contribution in [-0.4, -0.2) is 25.3 Å². The van der Waals surface area contributed by atoms with Gasteiger partial charge in [0.1, 0.15) is 0 Å². The topological polar surface area (TPSA) is 34.1 Å². The summed E-state index contributed by atoms with van der Waals surface area (Å²) in [5.41, 5.74) is 1.08. The molecule has 0 aliphatic rings. The van der Waals surface area contributed by atoms with Gasteiger partial charge in [0.15, 0.2) is 9.84 Å². The van der Waals surface area contributed by atoms with Crippen molar-refractivity contribution in [3.63, 3.8) is 0 Å². The number of alkyl halides is 1. The molecule has 0 radical (unpaired) electrons. The number of hydrogen-bond acceptors (Lipinski definition) is 2. The van der Waals surface area contributed by atoms with Crippen LogP contribution < -0.4 is 0 Å². The van der Waals surface area contributed by atoms with Gasteiger partial charge in [-0.1, -0.05) is 60.1 Å². The van der Waals surface area contributed by atoms with Crippen LogP contribution in [0, 0.1) is 5.92 Å². The summed E-state index contributed by atoms with van der Waals surface area (Å²) in [5.74, 6) is 0.718. The van der Waals surface area contributed by atoms with E-state index in [1.165, 1.54) is 0 Å². The van der Waals surface area contributed by atoms with Crippen LogP contribution in [0.2, 0.25) is 0 Å². The van der Waals surface area contributed by atoms with Crippen molar-refractivity contribution in [1.82, 2.24) is 0 Å². The Hall–Kier alpha value is -0.350. The van der Waals surface area contributed by atoms with E-state index in [1.54, 1.807) is 0 Å². The predicted octanol–water partition coefficient (Wildman–Crippen LogP) is 3.24. The van der Waals surface area contributed by atoms with Gasteiger partial charge in [0.2, 0.25) is 0 Å². The molecule has 0 fully saturated rings. The van der Waals surface area contributed by atoms with E-state index in [0.29, 0.717) is 5.33 Å². The molecule has 0 saturated heterocycles. The molecule has 0 aromatic heterocycles. The summed E-state index contributed by atoms with van der Waals surface area (Å²) in [7, 11) is -2.97. The predicted molar refractivity (Wildman–Crippen MR) is 76.5 cm³/mol. The van der Waals surface area contributed by atoms with E-state index in [0.717, 1.165) is 5.56 Å². The van der Waals surface area contributed by atoms with Crippen molar-refractivity contribution in [2.45, 2.75) is 19.8 Å². The SMILES string of the molecule is CC(C)CS(=O)(=O)CC(CBr)c1ccccc1. The van der Waals surface area contributed by atoms with Gasteiger partial charge in [0, 0.05) is 11.2 Å². The van der Waals surface area contributed by atoms with Crippen LogP contribution in [0.1, 0.15) is 25.3 Å². The summed E-state index contributed by atoms with van der Waals surface area (Å²) in [4.78, 5) is 0. The Morgan fingerprint density at radius 1 is 1.12 bits per heavy atom. The summed E-state index contributed by atoms with van der Waals surface area (Å²) >= 11 is 3.41. The maximum atomic E-state index is 12.0. The third kappa shape index (κ3) is 5.21. The van der Waals surface area contributed by atoms with Crippen molar-refractivity contribution in [2.24, 2.45) is 5.92 Å². The zero-order chi connectivity index (χ0) is 12.9. The zero-order valence-corrected chi connectivity index (χ0v) is 12.7. The molecule has 2 nitrogen and oxygen atoms in total. The first-order valence-electron chi connectivity index (χ1n) is 5.76. The van der Waals surface area contributed by atoms with E-state index in [4.69, 9.17) is 0 Å². The lowest BCUT2D eigenvalue weighted by Gasteiger charge is -2.15.